The summed E-state index contributed by atoms with van der Waals surface area (Å²) < 4.78 is 6.40. The molecule has 0 atom stereocenters. The van der Waals surface area contributed by atoms with Crippen molar-refractivity contribution in [2.45, 2.75) is 32.6 Å². The first-order chi connectivity index (χ1) is 11.7. The van der Waals surface area contributed by atoms with Crippen LogP contribution in [0.15, 0.2) is 23.8 Å². The molecule has 1 fully saturated rings. The molecule has 3 aliphatic rings. The lowest BCUT2D eigenvalue weighted by molar-refractivity contribution is 0.0918. The highest BCUT2D eigenvalue weighted by Gasteiger charge is 2.25. The summed E-state index contributed by atoms with van der Waals surface area (Å²) in [5.74, 6) is 0.619. The largest absolute Gasteiger partial charge is 0.450 e. The molecule has 1 aliphatic heterocycles. The van der Waals surface area contributed by atoms with Crippen molar-refractivity contribution in [2.75, 3.05) is 19.7 Å². The number of aromatic nitrogens is 1. The molecular formula is C19H22N2O2S. The van der Waals surface area contributed by atoms with Crippen LogP contribution in [-0.2, 0) is 11.2 Å². The molecule has 2 heterocycles. The summed E-state index contributed by atoms with van der Waals surface area (Å²) in [4.78, 5) is 18.5. The third-order valence-corrected chi connectivity index (χ3v) is 5.98. The summed E-state index contributed by atoms with van der Waals surface area (Å²) in [6.45, 7) is 3.90. The monoisotopic (exact) mass is 342 g/mol. The molecule has 24 heavy (non-hydrogen) atoms. The molecule has 5 heteroatoms. The predicted octanol–water partition coefficient (Wildman–Crippen LogP) is 2.39. The fraction of sp³-hybridized carbons (Fsp3) is 0.474. The molecule has 0 bridgehead atoms. The highest BCUT2D eigenvalue weighted by Crippen LogP contribution is 2.25. The van der Waals surface area contributed by atoms with Crippen LogP contribution in [0.5, 0.6) is 0 Å². The zero-order valence-electron chi connectivity index (χ0n) is 14.0. The number of thiazole rings is 1. The summed E-state index contributed by atoms with van der Waals surface area (Å²) in [6, 6.07) is 0. The van der Waals surface area contributed by atoms with Crippen LogP contribution in [0.25, 0.3) is 11.6 Å². The van der Waals surface area contributed by atoms with Gasteiger partial charge >= 0.3 is 6.09 Å². The zero-order chi connectivity index (χ0) is 16.5. The van der Waals surface area contributed by atoms with Gasteiger partial charge in [-0.3, -0.25) is 0 Å². The Morgan fingerprint density at radius 3 is 3.04 bits per heavy atom. The second kappa shape index (κ2) is 6.55. The smallest absolute Gasteiger partial charge is 0.409 e. The second-order valence-electron chi connectivity index (χ2n) is 6.53. The van der Waals surface area contributed by atoms with Crippen molar-refractivity contribution in [3.8, 4) is 0 Å². The number of allylic oxidation sites excluding steroid dienone is 4. The number of carbonyl (C=O) groups excluding carboxylic acids is 1. The van der Waals surface area contributed by atoms with Crippen LogP contribution in [-0.4, -0.2) is 35.7 Å². The van der Waals surface area contributed by atoms with Gasteiger partial charge in [-0.15, -0.1) is 11.3 Å². The molecule has 1 aromatic heterocycles. The Hall–Kier alpha value is -1.88. The van der Waals surface area contributed by atoms with Crippen LogP contribution in [0.2, 0.25) is 0 Å². The van der Waals surface area contributed by atoms with E-state index in [9.17, 15) is 4.79 Å². The molecule has 1 amide bonds. The van der Waals surface area contributed by atoms with Gasteiger partial charge in [0, 0.05) is 19.5 Å². The maximum atomic E-state index is 11.8. The average Bonchev–Trinajstić information content (AvgIpc) is 3.13. The number of rotatable bonds is 3. The van der Waals surface area contributed by atoms with E-state index in [0.717, 1.165) is 38.8 Å². The Morgan fingerprint density at radius 2 is 2.25 bits per heavy atom. The van der Waals surface area contributed by atoms with E-state index < -0.39 is 0 Å². The fourth-order valence-corrected chi connectivity index (χ4v) is 4.81. The van der Waals surface area contributed by atoms with Crippen molar-refractivity contribution in [3.05, 3.63) is 38.7 Å². The molecule has 0 spiro atoms. The summed E-state index contributed by atoms with van der Waals surface area (Å²) in [5.41, 5.74) is 2.72. The number of amides is 1. The van der Waals surface area contributed by atoms with E-state index in [1.54, 1.807) is 0 Å². The van der Waals surface area contributed by atoms with Crippen LogP contribution in [0.1, 0.15) is 31.2 Å². The first-order valence-corrected chi connectivity index (χ1v) is 9.55. The maximum Gasteiger partial charge on any atom is 0.409 e. The van der Waals surface area contributed by atoms with E-state index >= 15 is 0 Å². The van der Waals surface area contributed by atoms with Gasteiger partial charge in [0.2, 0.25) is 0 Å². The molecule has 0 radical (unpaired) electrons. The SMILES string of the molecule is CCOC(=O)N1CCC(Cc2nc3c(s2)=CC2=CC=CCC=32)CC1. The first-order valence-electron chi connectivity index (χ1n) is 8.74. The first kappa shape index (κ1) is 15.6. The molecule has 4 nitrogen and oxygen atoms in total. The van der Waals surface area contributed by atoms with Crippen LogP contribution in [0.3, 0.4) is 0 Å². The summed E-state index contributed by atoms with van der Waals surface area (Å²) in [6.07, 6.45) is 12.7. The predicted molar refractivity (Wildman–Crippen MR) is 96.1 cm³/mol. The van der Waals surface area contributed by atoms with E-state index in [-0.39, 0.29) is 6.09 Å². The minimum absolute atomic E-state index is 0.167. The Kier molecular flexibility index (Phi) is 4.27. The number of carbonyl (C=O) groups is 1. The van der Waals surface area contributed by atoms with Crippen LogP contribution in [0, 0.1) is 5.92 Å². The molecule has 2 aliphatic carbocycles. The van der Waals surface area contributed by atoms with Crippen molar-refractivity contribution < 1.29 is 9.53 Å². The van der Waals surface area contributed by atoms with Gasteiger partial charge < -0.3 is 9.64 Å². The van der Waals surface area contributed by atoms with E-state index in [1.807, 2.05) is 23.2 Å². The minimum Gasteiger partial charge on any atom is -0.450 e. The summed E-state index contributed by atoms with van der Waals surface area (Å²) in [7, 11) is 0. The van der Waals surface area contributed by atoms with Crippen molar-refractivity contribution >= 4 is 29.1 Å². The Bertz CT molecular complexity index is 826. The summed E-state index contributed by atoms with van der Waals surface area (Å²) in [5, 5.41) is 2.45. The second-order valence-corrected chi connectivity index (χ2v) is 7.65. The average molecular weight is 342 g/mol. The van der Waals surface area contributed by atoms with E-state index in [4.69, 9.17) is 9.72 Å². The molecule has 1 saturated heterocycles. The van der Waals surface area contributed by atoms with E-state index in [2.05, 4.69) is 24.3 Å². The van der Waals surface area contributed by atoms with Gasteiger partial charge in [-0.25, -0.2) is 9.78 Å². The van der Waals surface area contributed by atoms with Crippen molar-refractivity contribution in [3.63, 3.8) is 0 Å². The zero-order valence-corrected chi connectivity index (χ0v) is 14.8. The molecular weight excluding hydrogens is 320 g/mol. The third kappa shape index (κ3) is 2.93. The van der Waals surface area contributed by atoms with Crippen LogP contribution >= 0.6 is 11.3 Å². The molecule has 0 saturated carbocycles. The normalized spacial score (nSPS) is 19.6. The van der Waals surface area contributed by atoms with Gasteiger partial charge in [-0.1, -0.05) is 18.2 Å². The minimum atomic E-state index is -0.167. The van der Waals surface area contributed by atoms with Crippen LogP contribution in [0.4, 0.5) is 4.79 Å². The van der Waals surface area contributed by atoms with Crippen molar-refractivity contribution in [2.24, 2.45) is 5.92 Å². The van der Waals surface area contributed by atoms with E-state index in [0.29, 0.717) is 12.5 Å². The number of likely N-dealkylation sites (tertiary alicyclic amines) is 1. The molecule has 0 unspecified atom stereocenters. The summed E-state index contributed by atoms with van der Waals surface area (Å²) >= 11 is 1.84. The van der Waals surface area contributed by atoms with Gasteiger partial charge in [0.25, 0.3) is 0 Å². The molecule has 4 rings (SSSR count). The van der Waals surface area contributed by atoms with Gasteiger partial charge in [-0.05, 0) is 49.3 Å². The van der Waals surface area contributed by atoms with Crippen LogP contribution < -0.4 is 9.88 Å². The lowest BCUT2D eigenvalue weighted by Crippen LogP contribution is -2.39. The number of hydrogen-bond donors (Lipinski definition) is 0. The fourth-order valence-electron chi connectivity index (χ4n) is 3.65. The number of piperidine rings is 1. The number of fused-ring (bicyclic) bond motifs is 2. The molecule has 0 N–H and O–H groups in total. The Morgan fingerprint density at radius 1 is 1.42 bits per heavy atom. The topological polar surface area (TPSA) is 42.4 Å². The lowest BCUT2D eigenvalue weighted by Gasteiger charge is -2.30. The van der Waals surface area contributed by atoms with Gasteiger partial charge in [0.15, 0.2) is 0 Å². The lowest BCUT2D eigenvalue weighted by atomic mass is 9.94. The quantitative estimate of drug-likeness (QED) is 0.847. The number of nitrogens with zero attached hydrogens (tertiary/aromatic N) is 2. The van der Waals surface area contributed by atoms with E-state index in [1.165, 1.54) is 26.0 Å². The van der Waals surface area contributed by atoms with Gasteiger partial charge in [0.1, 0.15) is 0 Å². The Balaban J connectivity index is 1.41. The third-order valence-electron chi connectivity index (χ3n) is 4.96. The highest BCUT2D eigenvalue weighted by molar-refractivity contribution is 7.09. The van der Waals surface area contributed by atoms with Gasteiger partial charge in [-0.2, -0.15) is 0 Å². The molecule has 1 aromatic rings. The standard InChI is InChI=1S/C19H22N2O2S/c1-2-23-19(22)21-9-7-13(8-10-21)11-17-20-18-15-6-4-3-5-14(15)12-16(18)24-17/h3-5,12-13H,2,6-11H2,1H3. The van der Waals surface area contributed by atoms with Crippen molar-refractivity contribution in [1.29, 1.82) is 0 Å². The maximum absolute atomic E-state index is 11.8. The highest BCUT2D eigenvalue weighted by atomic mass is 32.1. The van der Waals surface area contributed by atoms with Crippen molar-refractivity contribution in [1.82, 2.24) is 9.88 Å². The number of ether oxygens (including phenoxy) is 1. The molecule has 0 aromatic carbocycles. The number of hydrogen-bond acceptors (Lipinski definition) is 4. The Labute approximate surface area is 145 Å². The van der Waals surface area contributed by atoms with Gasteiger partial charge in [0.05, 0.1) is 21.5 Å². The molecule has 126 valence electrons.